The van der Waals surface area contributed by atoms with Crippen LogP contribution < -0.4 is 11.2 Å². The second-order valence-electron chi connectivity index (χ2n) is 9.91. The fraction of sp³-hybridized carbons (Fsp3) is 0.214. The van der Waals surface area contributed by atoms with Crippen molar-refractivity contribution >= 4 is 44.9 Å². The van der Waals surface area contributed by atoms with Gasteiger partial charge >= 0.3 is 0 Å². The van der Waals surface area contributed by atoms with Crippen molar-refractivity contribution in [1.82, 2.24) is 19.9 Å². The highest BCUT2D eigenvalue weighted by Gasteiger charge is 2.17. The van der Waals surface area contributed by atoms with Crippen LogP contribution in [0, 0.1) is 6.92 Å². The number of nitrogens with one attached hydrogen (secondary N) is 1. The number of thiazole rings is 1. The number of nitrogen functional groups attached to an aromatic ring is 1. The fourth-order valence-electron chi connectivity index (χ4n) is 3.87. The average molecular weight is 529 g/mol. The monoisotopic (exact) mass is 528 g/mol. The Morgan fingerprint density at radius 1 is 1.00 bits per heavy atom. The van der Waals surface area contributed by atoms with Crippen molar-refractivity contribution in [3.8, 4) is 22.0 Å². The molecule has 9 heteroatoms. The number of hydrogen-bond donors (Lipinski definition) is 2. The van der Waals surface area contributed by atoms with Gasteiger partial charge in [-0.2, -0.15) is 0 Å². The maximum absolute atomic E-state index is 12.6. The van der Waals surface area contributed by atoms with Crippen LogP contribution in [0.3, 0.4) is 0 Å². The van der Waals surface area contributed by atoms with Crippen molar-refractivity contribution in [3.63, 3.8) is 0 Å². The maximum atomic E-state index is 12.6. The Kier molecular flexibility index (Phi) is 6.74. The number of aromatic nitrogens is 4. The summed E-state index contributed by atoms with van der Waals surface area (Å²) < 4.78 is 2.60. The number of nitrogens with two attached hydrogens (primary N) is 1. The third-order valence-corrected chi connectivity index (χ3v) is 7.98. The zero-order chi connectivity index (χ0) is 26.2. The summed E-state index contributed by atoms with van der Waals surface area (Å²) in [7, 11) is 0. The van der Waals surface area contributed by atoms with Crippen LogP contribution in [0.5, 0.6) is 0 Å². The van der Waals surface area contributed by atoms with Gasteiger partial charge in [-0.25, -0.2) is 9.66 Å². The third kappa shape index (κ3) is 5.52. The van der Waals surface area contributed by atoms with Gasteiger partial charge in [-0.05, 0) is 59.9 Å². The van der Waals surface area contributed by atoms with Gasteiger partial charge in [0.15, 0.2) is 5.82 Å². The molecule has 1 amide bonds. The highest BCUT2D eigenvalue weighted by atomic mass is 32.2. The van der Waals surface area contributed by atoms with Gasteiger partial charge < -0.3 is 11.2 Å². The highest BCUT2D eigenvalue weighted by Crippen LogP contribution is 2.31. The zero-order valence-electron chi connectivity index (χ0n) is 21.1. The van der Waals surface area contributed by atoms with Gasteiger partial charge in [0.2, 0.25) is 11.1 Å². The molecule has 0 radical (unpaired) electrons. The highest BCUT2D eigenvalue weighted by molar-refractivity contribution is 7.99. The van der Waals surface area contributed by atoms with Gasteiger partial charge in [0, 0.05) is 16.8 Å². The molecule has 0 aliphatic carbocycles. The molecule has 0 spiro atoms. The second-order valence-corrected chi connectivity index (χ2v) is 11.9. The summed E-state index contributed by atoms with van der Waals surface area (Å²) in [5, 5.41) is 12.8. The SMILES string of the molecule is Cc1ccc2nc(-c3ccc(NC(=O)CSc4nnc(-c5ccc(C(C)(C)C)cc5)n4N)cc3)sc2c1. The predicted octanol–water partition coefficient (Wildman–Crippen LogP) is 6.27. The molecule has 7 nitrogen and oxygen atoms in total. The molecule has 188 valence electrons. The van der Waals surface area contributed by atoms with Crippen LogP contribution in [0.15, 0.2) is 71.9 Å². The minimum Gasteiger partial charge on any atom is -0.335 e. The Morgan fingerprint density at radius 3 is 2.41 bits per heavy atom. The first-order valence-corrected chi connectivity index (χ1v) is 13.7. The van der Waals surface area contributed by atoms with Crippen molar-refractivity contribution in [2.75, 3.05) is 16.9 Å². The van der Waals surface area contributed by atoms with Gasteiger partial charge in [-0.3, -0.25) is 4.79 Å². The van der Waals surface area contributed by atoms with Crippen LogP contribution in [0.4, 0.5) is 5.69 Å². The lowest BCUT2D eigenvalue weighted by molar-refractivity contribution is -0.113. The lowest BCUT2D eigenvalue weighted by Gasteiger charge is -2.19. The van der Waals surface area contributed by atoms with Crippen molar-refractivity contribution in [3.05, 3.63) is 77.9 Å². The van der Waals surface area contributed by atoms with Crippen molar-refractivity contribution in [1.29, 1.82) is 0 Å². The lowest BCUT2D eigenvalue weighted by Crippen LogP contribution is -2.16. The van der Waals surface area contributed by atoms with E-state index in [1.807, 2.05) is 42.5 Å². The molecule has 0 fully saturated rings. The summed E-state index contributed by atoms with van der Waals surface area (Å²) >= 11 is 2.91. The normalized spacial score (nSPS) is 11.7. The van der Waals surface area contributed by atoms with E-state index in [2.05, 4.69) is 67.5 Å². The van der Waals surface area contributed by atoms with E-state index >= 15 is 0 Å². The summed E-state index contributed by atoms with van der Waals surface area (Å²) in [6, 6.07) is 22.1. The van der Waals surface area contributed by atoms with Crippen molar-refractivity contribution in [2.24, 2.45) is 0 Å². The largest absolute Gasteiger partial charge is 0.335 e. The predicted molar refractivity (Wildman–Crippen MR) is 153 cm³/mol. The first-order chi connectivity index (χ1) is 17.7. The van der Waals surface area contributed by atoms with Crippen LogP contribution in [-0.2, 0) is 10.2 Å². The second kappa shape index (κ2) is 9.99. The van der Waals surface area contributed by atoms with Crippen LogP contribution in [-0.4, -0.2) is 31.5 Å². The van der Waals surface area contributed by atoms with E-state index in [4.69, 9.17) is 10.8 Å². The molecule has 0 saturated carbocycles. The van der Waals surface area contributed by atoms with Gasteiger partial charge in [0.25, 0.3) is 0 Å². The Bertz CT molecular complexity index is 1560. The summed E-state index contributed by atoms with van der Waals surface area (Å²) in [4.78, 5) is 17.3. The van der Waals surface area contributed by atoms with Crippen LogP contribution in [0.2, 0.25) is 0 Å². The summed E-state index contributed by atoms with van der Waals surface area (Å²) in [6.45, 7) is 8.59. The molecule has 5 rings (SSSR count). The number of benzene rings is 3. The van der Waals surface area contributed by atoms with E-state index in [1.54, 1.807) is 11.3 Å². The molecular formula is C28H28N6OS2. The van der Waals surface area contributed by atoms with Gasteiger partial charge in [-0.15, -0.1) is 21.5 Å². The van der Waals surface area contributed by atoms with Crippen molar-refractivity contribution in [2.45, 2.75) is 38.3 Å². The minimum atomic E-state index is -0.146. The molecule has 0 saturated heterocycles. The maximum Gasteiger partial charge on any atom is 0.234 e. The number of fused-ring (bicyclic) bond motifs is 1. The third-order valence-electron chi connectivity index (χ3n) is 5.97. The molecule has 3 N–H and O–H groups in total. The standard InChI is InChI=1S/C28H28N6OS2/c1-17-5-14-22-23(15-17)37-26(31-22)19-8-12-21(13-9-19)30-24(35)16-36-27-33-32-25(34(27)29)18-6-10-20(11-7-18)28(2,3)4/h5-15H,16,29H2,1-4H3,(H,30,35). The molecular weight excluding hydrogens is 500 g/mol. The number of thioether (sulfide) groups is 1. The number of hydrogen-bond acceptors (Lipinski definition) is 7. The molecule has 5 aromatic rings. The Balaban J connectivity index is 1.20. The lowest BCUT2D eigenvalue weighted by atomic mass is 9.87. The molecule has 37 heavy (non-hydrogen) atoms. The Labute approximate surface area is 224 Å². The van der Waals surface area contributed by atoms with E-state index in [0.717, 1.165) is 27.3 Å². The van der Waals surface area contributed by atoms with E-state index in [0.29, 0.717) is 11.0 Å². The van der Waals surface area contributed by atoms with Crippen molar-refractivity contribution < 1.29 is 4.79 Å². The summed E-state index contributed by atoms with van der Waals surface area (Å²) in [5.41, 5.74) is 6.13. The van der Waals surface area contributed by atoms with E-state index < -0.39 is 0 Å². The molecule has 0 unspecified atom stereocenters. The van der Waals surface area contributed by atoms with Crippen LogP contribution in [0.25, 0.3) is 32.2 Å². The number of carbonyl (C=O) groups excluding carboxylic acids is 1. The molecule has 2 aromatic heterocycles. The van der Waals surface area contributed by atoms with Gasteiger partial charge in [-0.1, -0.05) is 62.9 Å². The average Bonchev–Trinajstić information content (AvgIpc) is 3.45. The van der Waals surface area contributed by atoms with E-state index in [1.165, 1.54) is 32.3 Å². The number of amides is 1. The minimum absolute atomic E-state index is 0.0678. The van der Waals surface area contributed by atoms with Crippen LogP contribution in [0.1, 0.15) is 31.9 Å². The topological polar surface area (TPSA) is 98.7 Å². The molecule has 0 atom stereocenters. The fourth-order valence-corrected chi connectivity index (χ4v) is 5.60. The molecule has 0 bridgehead atoms. The number of nitrogens with zero attached hydrogens (tertiary/aromatic N) is 4. The number of rotatable bonds is 6. The molecule has 0 aliphatic rings. The zero-order valence-corrected chi connectivity index (χ0v) is 22.8. The molecule has 0 aliphatic heterocycles. The Morgan fingerprint density at radius 2 is 1.70 bits per heavy atom. The first-order valence-electron chi connectivity index (χ1n) is 11.9. The quantitative estimate of drug-likeness (QED) is 0.199. The number of aryl methyl sites for hydroxylation is 1. The summed E-state index contributed by atoms with van der Waals surface area (Å²) in [5.74, 6) is 6.82. The van der Waals surface area contributed by atoms with E-state index in [-0.39, 0.29) is 17.1 Å². The summed E-state index contributed by atoms with van der Waals surface area (Å²) in [6.07, 6.45) is 0. The molecule has 2 heterocycles. The van der Waals surface area contributed by atoms with Crippen LogP contribution >= 0.6 is 23.1 Å². The smallest absolute Gasteiger partial charge is 0.234 e. The number of anilines is 1. The number of carbonyl (C=O) groups is 1. The first kappa shape index (κ1) is 25.0. The molecule has 3 aromatic carbocycles. The van der Waals surface area contributed by atoms with E-state index in [9.17, 15) is 4.79 Å². The van der Waals surface area contributed by atoms with Gasteiger partial charge in [0.1, 0.15) is 5.01 Å². The Hall–Kier alpha value is -3.69. The van der Waals surface area contributed by atoms with Gasteiger partial charge in [0.05, 0.1) is 16.0 Å².